The number of hydrogen-bond donors (Lipinski definition) is 2. The summed E-state index contributed by atoms with van der Waals surface area (Å²) in [6.07, 6.45) is 5.98. The molecule has 0 aliphatic heterocycles. The molecule has 1 aromatic heterocycles. The molecule has 2 aromatic rings. The molecular formula is C16H18F3N5O. The van der Waals surface area contributed by atoms with E-state index in [0.29, 0.717) is 11.9 Å². The van der Waals surface area contributed by atoms with Gasteiger partial charge in [0.25, 0.3) is 0 Å². The molecule has 1 heterocycles. The molecule has 2 N–H and O–H groups in total. The summed E-state index contributed by atoms with van der Waals surface area (Å²) in [4.78, 5) is 12.0. The van der Waals surface area contributed by atoms with Crippen molar-refractivity contribution in [1.29, 1.82) is 0 Å². The van der Waals surface area contributed by atoms with E-state index in [2.05, 4.69) is 20.8 Å². The quantitative estimate of drug-likeness (QED) is 0.824. The van der Waals surface area contributed by atoms with E-state index in [1.165, 1.54) is 0 Å². The van der Waals surface area contributed by atoms with Gasteiger partial charge in [0.1, 0.15) is 6.33 Å². The van der Waals surface area contributed by atoms with E-state index in [1.54, 1.807) is 13.3 Å². The fraction of sp³-hybridized carbons (Fsp3) is 0.438. The normalized spacial score (nSPS) is 16.0. The molecule has 1 aromatic carbocycles. The molecule has 9 heteroatoms. The van der Waals surface area contributed by atoms with Crippen LogP contribution in [0.3, 0.4) is 0 Å². The topological polar surface area (TPSA) is 71.8 Å². The van der Waals surface area contributed by atoms with Crippen molar-refractivity contribution in [3.05, 3.63) is 41.7 Å². The van der Waals surface area contributed by atoms with Gasteiger partial charge in [-0.3, -0.25) is 0 Å². The Balaban J connectivity index is 1.67. The Morgan fingerprint density at radius 3 is 2.68 bits per heavy atom. The lowest BCUT2D eigenvalue weighted by Gasteiger charge is -2.19. The molecule has 0 unspecified atom stereocenters. The minimum atomic E-state index is -1.63. The van der Waals surface area contributed by atoms with Crippen LogP contribution < -0.4 is 10.6 Å². The summed E-state index contributed by atoms with van der Waals surface area (Å²) >= 11 is 0. The maximum Gasteiger partial charge on any atom is 0.319 e. The third-order valence-electron chi connectivity index (χ3n) is 4.34. The van der Waals surface area contributed by atoms with Crippen LogP contribution >= 0.6 is 0 Å². The lowest BCUT2D eigenvalue weighted by molar-refractivity contribution is 0.248. The van der Waals surface area contributed by atoms with Gasteiger partial charge in [-0.2, -0.15) is 0 Å². The molecule has 134 valence electrons. The van der Waals surface area contributed by atoms with E-state index in [9.17, 15) is 18.0 Å². The highest BCUT2D eigenvalue weighted by Crippen LogP contribution is 2.31. The van der Waals surface area contributed by atoms with Gasteiger partial charge < -0.3 is 15.2 Å². The number of benzene rings is 1. The molecule has 1 atom stereocenters. The second-order valence-corrected chi connectivity index (χ2v) is 6.08. The van der Waals surface area contributed by atoms with Crippen molar-refractivity contribution in [3.63, 3.8) is 0 Å². The van der Waals surface area contributed by atoms with E-state index in [-0.39, 0.29) is 0 Å². The lowest BCUT2D eigenvalue weighted by Crippen LogP contribution is -2.33. The van der Waals surface area contributed by atoms with E-state index in [1.807, 2.05) is 4.57 Å². The van der Waals surface area contributed by atoms with Gasteiger partial charge in [-0.15, -0.1) is 10.2 Å². The second kappa shape index (κ2) is 7.12. The van der Waals surface area contributed by atoms with Crippen molar-refractivity contribution >= 4 is 11.7 Å². The SMILES string of the molecule is C[C@H](NC(=O)Nc1ccc(F)c(F)c1F)c1nncn1C1CCCC1. The van der Waals surface area contributed by atoms with Gasteiger partial charge in [-0.25, -0.2) is 18.0 Å². The molecule has 6 nitrogen and oxygen atoms in total. The Morgan fingerprint density at radius 1 is 1.24 bits per heavy atom. The molecular weight excluding hydrogens is 335 g/mol. The number of halogens is 3. The predicted molar refractivity (Wildman–Crippen MR) is 84.4 cm³/mol. The average molecular weight is 353 g/mol. The molecule has 25 heavy (non-hydrogen) atoms. The van der Waals surface area contributed by atoms with E-state index in [4.69, 9.17) is 0 Å². The maximum atomic E-state index is 13.6. The van der Waals surface area contributed by atoms with Crippen LogP contribution in [0, 0.1) is 17.5 Å². The van der Waals surface area contributed by atoms with Crippen molar-refractivity contribution in [3.8, 4) is 0 Å². The largest absolute Gasteiger partial charge is 0.328 e. The van der Waals surface area contributed by atoms with Crippen LogP contribution in [0.15, 0.2) is 18.5 Å². The van der Waals surface area contributed by atoms with Gasteiger partial charge in [-0.1, -0.05) is 12.8 Å². The summed E-state index contributed by atoms with van der Waals surface area (Å²) in [5.41, 5.74) is -0.444. The van der Waals surface area contributed by atoms with Crippen LogP contribution in [0.4, 0.5) is 23.7 Å². The van der Waals surface area contributed by atoms with Crippen LogP contribution in [0.1, 0.15) is 50.5 Å². The summed E-state index contributed by atoms with van der Waals surface area (Å²) in [6.45, 7) is 1.72. The zero-order chi connectivity index (χ0) is 18.0. The first-order valence-corrected chi connectivity index (χ1v) is 8.07. The number of nitrogens with zero attached hydrogens (tertiary/aromatic N) is 3. The summed E-state index contributed by atoms with van der Waals surface area (Å²) in [6, 6.07) is 0.767. The summed E-state index contributed by atoms with van der Waals surface area (Å²) in [5, 5.41) is 12.7. The van der Waals surface area contributed by atoms with Gasteiger partial charge in [-0.05, 0) is 31.9 Å². The first-order chi connectivity index (χ1) is 12.0. The number of anilines is 1. The third kappa shape index (κ3) is 3.59. The zero-order valence-corrected chi connectivity index (χ0v) is 13.6. The molecule has 1 saturated carbocycles. The Labute approximate surface area is 142 Å². The smallest absolute Gasteiger partial charge is 0.319 e. The van der Waals surface area contributed by atoms with E-state index in [0.717, 1.165) is 37.8 Å². The van der Waals surface area contributed by atoms with Gasteiger partial charge in [0.05, 0.1) is 11.7 Å². The molecule has 0 bridgehead atoms. The molecule has 1 aliphatic rings. The van der Waals surface area contributed by atoms with Crippen LogP contribution in [0.2, 0.25) is 0 Å². The van der Waals surface area contributed by atoms with Crippen molar-refractivity contribution in [2.75, 3.05) is 5.32 Å². The van der Waals surface area contributed by atoms with Crippen LogP contribution in [-0.4, -0.2) is 20.8 Å². The lowest BCUT2D eigenvalue weighted by atomic mass is 10.2. The van der Waals surface area contributed by atoms with Crippen molar-refractivity contribution < 1.29 is 18.0 Å². The summed E-state index contributed by atoms with van der Waals surface area (Å²) in [7, 11) is 0. The molecule has 1 fully saturated rings. The van der Waals surface area contributed by atoms with Crippen molar-refractivity contribution in [2.24, 2.45) is 0 Å². The first-order valence-electron chi connectivity index (χ1n) is 8.07. The standard InChI is InChI=1S/C16H18F3N5O/c1-9(15-23-20-8-24(15)10-4-2-3-5-10)21-16(25)22-12-7-6-11(17)13(18)14(12)19/h6-10H,2-5H2,1H3,(H2,21,22,25)/t9-/m0/s1. The monoisotopic (exact) mass is 353 g/mol. The highest BCUT2D eigenvalue weighted by molar-refractivity contribution is 5.89. The Kier molecular flexibility index (Phi) is 4.91. The Bertz CT molecular complexity index is 773. The predicted octanol–water partition coefficient (Wildman–Crippen LogP) is 3.69. The van der Waals surface area contributed by atoms with Gasteiger partial charge >= 0.3 is 6.03 Å². The molecule has 3 rings (SSSR count). The number of rotatable bonds is 4. The molecule has 2 amide bonds. The van der Waals surface area contributed by atoms with E-state index < -0.39 is 35.2 Å². The number of amides is 2. The second-order valence-electron chi connectivity index (χ2n) is 6.08. The minimum absolute atomic E-state index is 0.306. The zero-order valence-electron chi connectivity index (χ0n) is 13.6. The average Bonchev–Trinajstić information content (AvgIpc) is 3.25. The third-order valence-corrected chi connectivity index (χ3v) is 4.34. The highest BCUT2D eigenvalue weighted by atomic mass is 19.2. The van der Waals surface area contributed by atoms with E-state index >= 15 is 0 Å². The molecule has 0 saturated heterocycles. The van der Waals surface area contributed by atoms with Gasteiger partial charge in [0, 0.05) is 6.04 Å². The van der Waals surface area contributed by atoms with Crippen molar-refractivity contribution in [1.82, 2.24) is 20.1 Å². The fourth-order valence-corrected chi connectivity index (χ4v) is 3.07. The molecule has 0 spiro atoms. The van der Waals surface area contributed by atoms with Gasteiger partial charge in [0.15, 0.2) is 23.3 Å². The Morgan fingerprint density at radius 2 is 1.96 bits per heavy atom. The van der Waals surface area contributed by atoms with Crippen LogP contribution in [0.25, 0.3) is 0 Å². The highest BCUT2D eigenvalue weighted by Gasteiger charge is 2.24. The first kappa shape index (κ1) is 17.2. The Hall–Kier alpha value is -2.58. The van der Waals surface area contributed by atoms with Crippen LogP contribution in [-0.2, 0) is 0 Å². The number of urea groups is 1. The molecule has 1 aliphatic carbocycles. The van der Waals surface area contributed by atoms with Crippen LogP contribution in [0.5, 0.6) is 0 Å². The maximum absolute atomic E-state index is 13.6. The minimum Gasteiger partial charge on any atom is -0.328 e. The number of nitrogens with one attached hydrogen (secondary N) is 2. The van der Waals surface area contributed by atoms with Crippen molar-refractivity contribution in [2.45, 2.75) is 44.7 Å². The fourth-order valence-electron chi connectivity index (χ4n) is 3.07. The number of carbonyl (C=O) groups excluding carboxylic acids is 1. The summed E-state index contributed by atoms with van der Waals surface area (Å²) in [5.74, 6) is -3.81. The summed E-state index contributed by atoms with van der Waals surface area (Å²) < 4.78 is 41.7. The molecule has 0 radical (unpaired) electrons. The number of aromatic nitrogens is 3. The number of carbonyl (C=O) groups is 1. The van der Waals surface area contributed by atoms with Gasteiger partial charge in [0.2, 0.25) is 0 Å². The number of hydrogen-bond acceptors (Lipinski definition) is 3.